The van der Waals surface area contributed by atoms with Crippen LogP contribution in [0.15, 0.2) is 36.7 Å². The second-order valence-corrected chi connectivity index (χ2v) is 9.44. The number of alkyl halides is 1. The maximum atomic E-state index is 15.0. The van der Waals surface area contributed by atoms with Crippen LogP contribution in [-0.4, -0.2) is 75.1 Å². The third-order valence-corrected chi connectivity index (χ3v) is 6.69. The van der Waals surface area contributed by atoms with E-state index in [9.17, 15) is 23.2 Å². The van der Waals surface area contributed by atoms with E-state index in [-0.39, 0.29) is 49.1 Å². The number of rotatable bonds is 8. The lowest BCUT2D eigenvalue weighted by Gasteiger charge is -2.27. The predicted molar refractivity (Wildman–Crippen MR) is 142 cm³/mol. The number of aromatic nitrogens is 2. The molecular formula is C27H29ClF2N4O6. The number of amides is 2. The number of likely N-dealkylation sites (tertiary alicyclic amines) is 1. The van der Waals surface area contributed by atoms with Gasteiger partial charge in [0.2, 0.25) is 11.8 Å². The summed E-state index contributed by atoms with van der Waals surface area (Å²) in [5.41, 5.74) is 1.87. The van der Waals surface area contributed by atoms with E-state index in [1.54, 1.807) is 42.9 Å². The Hall–Kier alpha value is -3.90. The number of carbonyl (C=O) groups is 4. The van der Waals surface area contributed by atoms with Crippen LogP contribution in [0.1, 0.15) is 35.5 Å². The predicted octanol–water partition coefficient (Wildman–Crippen LogP) is 3.31. The minimum atomic E-state index is -1.60. The molecule has 3 aromatic rings. The molecule has 2 amide bonds. The number of benzene rings is 1. The van der Waals surface area contributed by atoms with E-state index < -0.39 is 35.9 Å². The molecule has 1 fully saturated rings. The topological polar surface area (TPSA) is 131 Å². The fraction of sp³-hybridized carbons (Fsp3) is 0.370. The van der Waals surface area contributed by atoms with E-state index in [4.69, 9.17) is 26.2 Å². The highest BCUT2D eigenvalue weighted by molar-refractivity contribution is 6.30. The lowest BCUT2D eigenvalue weighted by Crippen LogP contribution is -2.51. The van der Waals surface area contributed by atoms with Crippen molar-refractivity contribution in [2.24, 2.45) is 0 Å². The van der Waals surface area contributed by atoms with Crippen molar-refractivity contribution in [3.05, 3.63) is 64.3 Å². The first-order chi connectivity index (χ1) is 19.0. The molecule has 0 saturated carbocycles. The Bertz CT molecular complexity index is 1420. The van der Waals surface area contributed by atoms with Crippen LogP contribution in [-0.2, 0) is 32.2 Å². The van der Waals surface area contributed by atoms with Gasteiger partial charge >= 0.3 is 0 Å². The first kappa shape index (κ1) is 30.6. The number of halogens is 3. The van der Waals surface area contributed by atoms with Gasteiger partial charge in [-0.2, -0.15) is 0 Å². The number of ketones is 1. The average molecular weight is 579 g/mol. The SMILES string of the molecule is CCO[C@H]1[C@@H](C(=O)NCc2cccc(Cl)c2F)N(C(=O)Cn2cc(C(C)=O)c3cc(C)ncc32)C[C@@H]1F.O=CO. The van der Waals surface area contributed by atoms with E-state index in [1.165, 1.54) is 19.1 Å². The third kappa shape index (κ3) is 6.62. The number of hydrogen-bond acceptors (Lipinski definition) is 6. The molecule has 2 N–H and O–H groups in total. The van der Waals surface area contributed by atoms with Crippen LogP contribution < -0.4 is 5.32 Å². The van der Waals surface area contributed by atoms with Gasteiger partial charge < -0.3 is 24.6 Å². The third-order valence-electron chi connectivity index (χ3n) is 6.40. The van der Waals surface area contributed by atoms with Gasteiger partial charge in [0.1, 0.15) is 30.7 Å². The van der Waals surface area contributed by atoms with E-state index in [0.29, 0.717) is 22.2 Å². The fourth-order valence-electron chi connectivity index (χ4n) is 4.63. The van der Waals surface area contributed by atoms with Crippen molar-refractivity contribution < 1.29 is 37.8 Å². The van der Waals surface area contributed by atoms with Crippen LogP contribution in [0.25, 0.3) is 10.9 Å². The van der Waals surface area contributed by atoms with Crippen molar-refractivity contribution in [1.82, 2.24) is 19.8 Å². The zero-order valence-electron chi connectivity index (χ0n) is 22.1. The number of pyridine rings is 1. The largest absolute Gasteiger partial charge is 0.483 e. The van der Waals surface area contributed by atoms with Gasteiger partial charge in [0.25, 0.3) is 6.47 Å². The van der Waals surface area contributed by atoms with E-state index in [0.717, 1.165) is 4.90 Å². The fourth-order valence-corrected chi connectivity index (χ4v) is 4.82. The van der Waals surface area contributed by atoms with Crippen LogP contribution in [0, 0.1) is 12.7 Å². The minimum Gasteiger partial charge on any atom is -0.483 e. The van der Waals surface area contributed by atoms with Gasteiger partial charge in [0, 0.05) is 41.6 Å². The number of hydrogen-bond donors (Lipinski definition) is 2. The summed E-state index contributed by atoms with van der Waals surface area (Å²) in [5.74, 6) is -2.05. The summed E-state index contributed by atoms with van der Waals surface area (Å²) in [7, 11) is 0. The van der Waals surface area contributed by atoms with E-state index >= 15 is 0 Å². The highest BCUT2D eigenvalue weighted by Gasteiger charge is 2.49. The quantitative estimate of drug-likeness (QED) is 0.310. The normalized spacial score (nSPS) is 18.2. The van der Waals surface area contributed by atoms with Crippen LogP contribution in [0.5, 0.6) is 0 Å². The second-order valence-electron chi connectivity index (χ2n) is 9.03. The number of nitrogens with one attached hydrogen (secondary N) is 1. The molecule has 0 bridgehead atoms. The number of nitrogens with zero attached hydrogens (tertiary/aromatic N) is 3. The molecule has 10 nitrogen and oxygen atoms in total. The van der Waals surface area contributed by atoms with E-state index in [1.807, 2.05) is 0 Å². The summed E-state index contributed by atoms with van der Waals surface area (Å²) in [6, 6.07) is 4.90. The monoisotopic (exact) mass is 578 g/mol. The van der Waals surface area contributed by atoms with E-state index in [2.05, 4.69) is 10.3 Å². The maximum absolute atomic E-state index is 15.0. The summed E-state index contributed by atoms with van der Waals surface area (Å²) in [5, 5.41) is 10.0. The second kappa shape index (κ2) is 13.4. The van der Waals surface area contributed by atoms with Gasteiger partial charge in [-0.3, -0.25) is 24.2 Å². The van der Waals surface area contributed by atoms with Crippen LogP contribution in [0.4, 0.5) is 8.78 Å². The van der Waals surface area contributed by atoms with Gasteiger partial charge in [-0.1, -0.05) is 23.7 Å². The number of Topliss-reactive ketones (excluding diaryl/α,β-unsaturated/α-hetero) is 1. The average Bonchev–Trinajstić information content (AvgIpc) is 3.42. The Labute approximate surface area is 233 Å². The molecule has 2 aromatic heterocycles. The molecule has 1 saturated heterocycles. The van der Waals surface area contributed by atoms with Crippen molar-refractivity contribution in [3.63, 3.8) is 0 Å². The molecule has 3 atom stereocenters. The standard InChI is InChI=1S/C26H27ClF2N4O4.CH2O2/c1-4-37-25-20(28)12-33(24(25)26(36)31-9-16-6-5-7-19(27)23(16)29)22(35)13-32-11-18(15(3)34)17-8-14(2)30-10-21(17)32;2-1-3/h5-8,10-11,20,24-25H,4,9,12-13H2,1-3H3,(H,31,36);1H,(H,2,3)/t20-,24-,25+;/m0./s1. The maximum Gasteiger partial charge on any atom is 0.290 e. The van der Waals surface area contributed by atoms with Crippen molar-refractivity contribution in [1.29, 1.82) is 0 Å². The lowest BCUT2D eigenvalue weighted by molar-refractivity contribution is -0.142. The van der Waals surface area contributed by atoms with Crippen molar-refractivity contribution in [3.8, 4) is 0 Å². The Morgan fingerprint density at radius 1 is 1.32 bits per heavy atom. The van der Waals surface area contributed by atoms with Crippen LogP contribution in [0.2, 0.25) is 5.02 Å². The van der Waals surface area contributed by atoms with Crippen molar-refractivity contribution in [2.75, 3.05) is 13.2 Å². The Morgan fingerprint density at radius 3 is 2.67 bits per heavy atom. The summed E-state index contributed by atoms with van der Waals surface area (Å²) in [6.45, 7) is 3.99. The zero-order valence-corrected chi connectivity index (χ0v) is 22.8. The molecule has 214 valence electrons. The number of ether oxygens (including phenoxy) is 1. The Balaban J connectivity index is 0.00000141. The van der Waals surface area contributed by atoms with Crippen molar-refractivity contribution >= 4 is 46.6 Å². The molecule has 0 aliphatic carbocycles. The van der Waals surface area contributed by atoms with Gasteiger partial charge in [0.05, 0.1) is 23.3 Å². The van der Waals surface area contributed by atoms with Gasteiger partial charge in [0.15, 0.2) is 5.78 Å². The molecule has 1 aliphatic rings. The summed E-state index contributed by atoms with van der Waals surface area (Å²) >= 11 is 5.81. The zero-order chi connectivity index (χ0) is 29.6. The number of carboxylic acid groups (broad SMARTS) is 1. The molecular weight excluding hydrogens is 550 g/mol. The summed E-state index contributed by atoms with van der Waals surface area (Å²) in [4.78, 5) is 52.5. The molecule has 0 radical (unpaired) electrons. The van der Waals surface area contributed by atoms with Gasteiger partial charge in [-0.05, 0) is 32.9 Å². The lowest BCUT2D eigenvalue weighted by atomic mass is 10.1. The molecule has 3 heterocycles. The van der Waals surface area contributed by atoms with Crippen molar-refractivity contribution in [2.45, 2.75) is 52.2 Å². The Kier molecular flexibility index (Phi) is 10.3. The first-order valence-corrected chi connectivity index (χ1v) is 12.7. The van der Waals surface area contributed by atoms with Gasteiger partial charge in [-0.15, -0.1) is 0 Å². The number of fused-ring (bicyclic) bond motifs is 1. The Morgan fingerprint density at radius 2 is 2.02 bits per heavy atom. The summed E-state index contributed by atoms with van der Waals surface area (Å²) in [6.07, 6.45) is 0.350. The van der Waals surface area contributed by atoms with Crippen LogP contribution >= 0.6 is 11.6 Å². The molecule has 13 heteroatoms. The molecule has 4 rings (SSSR count). The van der Waals surface area contributed by atoms with Crippen LogP contribution in [0.3, 0.4) is 0 Å². The minimum absolute atomic E-state index is 0.0889. The smallest absolute Gasteiger partial charge is 0.290 e. The number of aryl methyl sites for hydroxylation is 1. The molecule has 1 aliphatic heterocycles. The summed E-state index contributed by atoms with van der Waals surface area (Å²) < 4.78 is 36.3. The highest BCUT2D eigenvalue weighted by atomic mass is 35.5. The molecule has 1 aromatic carbocycles. The van der Waals surface area contributed by atoms with Gasteiger partial charge in [-0.25, -0.2) is 8.78 Å². The first-order valence-electron chi connectivity index (χ1n) is 12.3. The highest BCUT2D eigenvalue weighted by Crippen LogP contribution is 2.27. The number of carbonyl (C=O) groups excluding carboxylic acids is 3. The molecule has 0 spiro atoms. The molecule has 40 heavy (non-hydrogen) atoms. The molecule has 0 unspecified atom stereocenters.